The van der Waals surface area contributed by atoms with Gasteiger partial charge in [-0.15, -0.1) is 0 Å². The minimum absolute atomic E-state index is 0.0156. The standard InChI is InChI=1S/C60H101NO7/c1-6-8-10-12-14-16-18-20-22-24-26-28-29-31-32-34-36-38-40-42-44-46-48-50-58(62)67-55-56(54-66-53-52-57(60(64)65)61(3,4)5)68-59(63)51-49-47-45-43-41-39-37-35-33-30-27-25-23-21-19-17-15-13-11-9-7-2/h8,10,14,16,20,22,26,28,30-33,36,38,42,44,56-57H,6-7,9,11-13,15,17-19,21,23-25,27,29,34-35,37,39-41,43,45-55H2,1-5H3/b10-8+,16-14+,22-20+,28-26+,32-31+,33-30+,38-36+,44-42+. The van der Waals surface area contributed by atoms with Gasteiger partial charge in [0.15, 0.2) is 6.10 Å². The van der Waals surface area contributed by atoms with Crippen LogP contribution in [0.5, 0.6) is 0 Å². The minimum Gasteiger partial charge on any atom is -0.544 e. The molecule has 0 aromatic heterocycles. The number of likely N-dealkylation sites (N-methyl/N-ethyl adjacent to an activating group) is 1. The Bertz CT molecular complexity index is 1430. The van der Waals surface area contributed by atoms with Gasteiger partial charge in [0.2, 0.25) is 0 Å². The molecular weight excluding hydrogens is 847 g/mol. The van der Waals surface area contributed by atoms with Gasteiger partial charge in [0.25, 0.3) is 0 Å². The molecule has 8 nitrogen and oxygen atoms in total. The van der Waals surface area contributed by atoms with Gasteiger partial charge in [-0.25, -0.2) is 0 Å². The lowest BCUT2D eigenvalue weighted by Gasteiger charge is -2.34. The fourth-order valence-electron chi connectivity index (χ4n) is 7.53. The quantitative estimate of drug-likeness (QED) is 0.0259. The van der Waals surface area contributed by atoms with E-state index in [4.69, 9.17) is 14.2 Å². The molecule has 0 radical (unpaired) electrons. The summed E-state index contributed by atoms with van der Waals surface area (Å²) in [7, 11) is 5.39. The number of carboxylic acids is 1. The number of carboxylic acid groups (broad SMARTS) is 1. The van der Waals surface area contributed by atoms with Gasteiger partial charge in [0, 0.05) is 19.3 Å². The molecule has 2 atom stereocenters. The van der Waals surface area contributed by atoms with Crippen LogP contribution in [0, 0.1) is 0 Å². The van der Waals surface area contributed by atoms with Crippen LogP contribution in [0.15, 0.2) is 97.2 Å². The third-order valence-electron chi connectivity index (χ3n) is 11.7. The summed E-state index contributed by atoms with van der Waals surface area (Å²) in [4.78, 5) is 37.1. The van der Waals surface area contributed by atoms with Gasteiger partial charge in [0.05, 0.1) is 40.3 Å². The molecule has 0 aliphatic heterocycles. The van der Waals surface area contributed by atoms with Crippen molar-refractivity contribution in [2.24, 2.45) is 0 Å². The lowest BCUT2D eigenvalue weighted by atomic mass is 10.1. The Morgan fingerprint density at radius 2 is 0.838 bits per heavy atom. The smallest absolute Gasteiger partial charge is 0.306 e. The SMILES string of the molecule is CC/C=C/C/C=C/C/C=C/C/C=C/C/C=C/C/C=C/C/C=C/CCCC(=O)OCC(COCCC(C(=O)[O-])[N+](C)(C)C)OC(=O)CCCCCCCCC/C=C/CCCCCCCCCCCC. The molecular formula is C60H101NO7. The number of esters is 2. The summed E-state index contributed by atoms with van der Waals surface area (Å²) in [5, 5.41) is 11.7. The molecule has 388 valence electrons. The number of carbonyl (C=O) groups is 3. The summed E-state index contributed by atoms with van der Waals surface area (Å²) in [6.45, 7) is 4.49. The lowest BCUT2D eigenvalue weighted by Crippen LogP contribution is -2.55. The van der Waals surface area contributed by atoms with Crippen molar-refractivity contribution in [3.05, 3.63) is 97.2 Å². The second-order valence-corrected chi connectivity index (χ2v) is 19.1. The first-order valence-corrected chi connectivity index (χ1v) is 27.3. The zero-order chi connectivity index (χ0) is 49.9. The molecule has 0 fully saturated rings. The number of ether oxygens (including phenoxy) is 3. The van der Waals surface area contributed by atoms with Crippen LogP contribution >= 0.6 is 0 Å². The zero-order valence-electron chi connectivity index (χ0n) is 44.2. The van der Waals surface area contributed by atoms with Gasteiger partial charge in [-0.3, -0.25) is 9.59 Å². The topological polar surface area (TPSA) is 102 Å². The number of hydrogen-bond donors (Lipinski definition) is 0. The van der Waals surface area contributed by atoms with E-state index < -0.39 is 18.1 Å². The molecule has 68 heavy (non-hydrogen) atoms. The Morgan fingerprint density at radius 1 is 0.456 bits per heavy atom. The lowest BCUT2D eigenvalue weighted by molar-refractivity contribution is -0.889. The maximum absolute atomic E-state index is 12.8. The first kappa shape index (κ1) is 64.2. The fraction of sp³-hybridized carbons (Fsp3) is 0.683. The molecule has 0 N–H and O–H groups in total. The van der Waals surface area contributed by atoms with E-state index in [1.165, 1.54) is 103 Å². The average molecular weight is 948 g/mol. The van der Waals surface area contributed by atoms with E-state index in [9.17, 15) is 19.5 Å². The van der Waals surface area contributed by atoms with E-state index in [1.807, 2.05) is 0 Å². The Kier molecular flexibility index (Phi) is 46.9. The second-order valence-electron chi connectivity index (χ2n) is 19.1. The number of hydrogen-bond acceptors (Lipinski definition) is 7. The molecule has 0 aliphatic carbocycles. The molecule has 0 rings (SSSR count). The normalized spacial score (nSPS) is 13.6. The van der Waals surface area contributed by atoms with E-state index in [-0.39, 0.29) is 49.1 Å². The first-order chi connectivity index (χ1) is 33.1. The molecule has 0 aromatic rings. The molecule has 0 aromatic carbocycles. The van der Waals surface area contributed by atoms with Gasteiger partial charge in [-0.1, -0.05) is 201 Å². The fourth-order valence-corrected chi connectivity index (χ4v) is 7.53. The number of carbonyl (C=O) groups excluding carboxylic acids is 3. The summed E-state index contributed by atoms with van der Waals surface area (Å²) in [5.74, 6) is -1.82. The highest BCUT2D eigenvalue weighted by atomic mass is 16.6. The number of rotatable bonds is 48. The Morgan fingerprint density at radius 3 is 1.28 bits per heavy atom. The van der Waals surface area contributed by atoms with Crippen LogP contribution in [-0.4, -0.2) is 75.5 Å². The predicted molar refractivity (Wildman–Crippen MR) is 286 cm³/mol. The van der Waals surface area contributed by atoms with Crippen LogP contribution in [-0.2, 0) is 28.6 Å². The Hall–Kier alpha value is -3.75. The van der Waals surface area contributed by atoms with Crippen molar-refractivity contribution in [3.63, 3.8) is 0 Å². The minimum atomic E-state index is -1.14. The molecule has 0 spiro atoms. The molecule has 0 bridgehead atoms. The van der Waals surface area contributed by atoms with Gasteiger partial charge in [0.1, 0.15) is 12.6 Å². The number of quaternary nitrogens is 1. The van der Waals surface area contributed by atoms with Gasteiger partial charge in [-0.05, 0) is 89.9 Å². The van der Waals surface area contributed by atoms with Crippen LogP contribution in [0.4, 0.5) is 0 Å². The highest BCUT2D eigenvalue weighted by Gasteiger charge is 2.25. The van der Waals surface area contributed by atoms with Gasteiger partial charge in [-0.2, -0.15) is 0 Å². The summed E-state index contributed by atoms with van der Waals surface area (Å²) in [6, 6.07) is -0.741. The van der Waals surface area contributed by atoms with Gasteiger partial charge >= 0.3 is 11.9 Å². The van der Waals surface area contributed by atoms with Crippen LogP contribution in [0.2, 0.25) is 0 Å². The van der Waals surface area contributed by atoms with Crippen LogP contribution in [0.25, 0.3) is 0 Å². The van der Waals surface area contributed by atoms with E-state index in [0.29, 0.717) is 12.8 Å². The van der Waals surface area contributed by atoms with Crippen molar-refractivity contribution in [1.29, 1.82) is 0 Å². The van der Waals surface area contributed by atoms with Crippen molar-refractivity contribution in [3.8, 4) is 0 Å². The van der Waals surface area contributed by atoms with E-state index in [0.717, 1.165) is 70.6 Å². The number of allylic oxidation sites excluding steroid dienone is 16. The summed E-state index contributed by atoms with van der Waals surface area (Å²) < 4.78 is 17.2. The highest BCUT2D eigenvalue weighted by molar-refractivity contribution is 5.70. The van der Waals surface area contributed by atoms with E-state index in [2.05, 4.69) is 111 Å². The molecule has 2 unspecified atom stereocenters. The van der Waals surface area contributed by atoms with Gasteiger partial charge < -0.3 is 28.6 Å². The van der Waals surface area contributed by atoms with Crippen molar-refractivity contribution < 1.29 is 38.2 Å². The predicted octanol–water partition coefficient (Wildman–Crippen LogP) is 14.9. The largest absolute Gasteiger partial charge is 0.544 e. The highest BCUT2D eigenvalue weighted by Crippen LogP contribution is 2.14. The molecule has 0 saturated carbocycles. The molecule has 0 saturated heterocycles. The third-order valence-corrected chi connectivity index (χ3v) is 11.7. The average Bonchev–Trinajstić information content (AvgIpc) is 3.30. The van der Waals surface area contributed by atoms with Crippen molar-refractivity contribution >= 4 is 17.9 Å². The Balaban J connectivity index is 4.34. The number of nitrogens with zero attached hydrogens (tertiary/aromatic N) is 1. The maximum atomic E-state index is 12.8. The monoisotopic (exact) mass is 948 g/mol. The third kappa shape index (κ3) is 47.3. The van der Waals surface area contributed by atoms with Crippen molar-refractivity contribution in [2.75, 3.05) is 41.0 Å². The van der Waals surface area contributed by atoms with Crippen LogP contribution in [0.1, 0.15) is 213 Å². The zero-order valence-corrected chi connectivity index (χ0v) is 44.2. The maximum Gasteiger partial charge on any atom is 0.306 e. The Labute approximate surface area is 417 Å². The van der Waals surface area contributed by atoms with Crippen molar-refractivity contribution in [2.45, 2.75) is 225 Å². The first-order valence-electron chi connectivity index (χ1n) is 27.3. The summed E-state index contributed by atoms with van der Waals surface area (Å²) >= 11 is 0. The molecule has 8 heteroatoms. The molecule has 0 amide bonds. The summed E-state index contributed by atoms with van der Waals surface area (Å²) in [6.07, 6.45) is 67.4. The number of unbranched alkanes of at least 4 members (excludes halogenated alkanes) is 18. The van der Waals surface area contributed by atoms with Crippen LogP contribution < -0.4 is 5.11 Å². The molecule has 0 aliphatic rings. The molecule has 0 heterocycles. The van der Waals surface area contributed by atoms with Crippen LogP contribution in [0.3, 0.4) is 0 Å². The van der Waals surface area contributed by atoms with E-state index >= 15 is 0 Å². The number of aliphatic carboxylic acids is 1. The second kappa shape index (κ2) is 49.7. The van der Waals surface area contributed by atoms with E-state index in [1.54, 1.807) is 21.1 Å². The van der Waals surface area contributed by atoms with Crippen molar-refractivity contribution in [1.82, 2.24) is 0 Å². The summed E-state index contributed by atoms with van der Waals surface area (Å²) in [5.41, 5.74) is 0.